The Morgan fingerprint density at radius 1 is 1.06 bits per heavy atom. The van der Waals surface area contributed by atoms with E-state index in [9.17, 15) is 0 Å². The van der Waals surface area contributed by atoms with Crippen LogP contribution in [-0.2, 0) is 19.7 Å². The molecule has 0 aliphatic heterocycles. The van der Waals surface area contributed by atoms with Crippen LogP contribution in [0, 0.1) is 11.5 Å². The number of ether oxygens (including phenoxy) is 1. The molecule has 0 aliphatic rings. The summed E-state index contributed by atoms with van der Waals surface area (Å²) in [6.45, 7) is 0. The van der Waals surface area contributed by atoms with E-state index in [-0.39, 0.29) is 0 Å². The van der Waals surface area contributed by atoms with Crippen molar-refractivity contribution in [2.24, 2.45) is 0 Å². The summed E-state index contributed by atoms with van der Waals surface area (Å²) in [6, 6.07) is 8.04. The molecular formula is C12H17NO4Si. The predicted molar refractivity (Wildman–Crippen MR) is 68.0 cm³/mol. The summed E-state index contributed by atoms with van der Waals surface area (Å²) < 4.78 is 20.8. The molecule has 98 valence electrons. The molecule has 1 aromatic carbocycles. The van der Waals surface area contributed by atoms with Crippen molar-refractivity contribution < 1.29 is 18.0 Å². The second kappa shape index (κ2) is 7.13. The second-order valence-corrected chi connectivity index (χ2v) is 6.72. The molecule has 0 unspecified atom stereocenters. The van der Waals surface area contributed by atoms with Crippen molar-refractivity contribution in [3.63, 3.8) is 0 Å². The van der Waals surface area contributed by atoms with Gasteiger partial charge in [0.25, 0.3) is 6.26 Å². The van der Waals surface area contributed by atoms with E-state index >= 15 is 0 Å². The fraction of sp³-hybridized carbons (Fsp3) is 0.417. The Morgan fingerprint density at radius 2 is 1.61 bits per heavy atom. The van der Waals surface area contributed by atoms with E-state index in [1.54, 1.807) is 39.7 Å². The maximum Gasteiger partial charge on any atom is 0.500 e. The summed E-state index contributed by atoms with van der Waals surface area (Å²) in [5.41, 5.74) is 1.11. The van der Waals surface area contributed by atoms with Crippen LogP contribution >= 0.6 is 0 Å². The Kier molecular flexibility index (Phi) is 5.81. The quantitative estimate of drug-likeness (QED) is 0.558. The van der Waals surface area contributed by atoms with Crippen LogP contribution in [0.15, 0.2) is 24.3 Å². The summed E-state index contributed by atoms with van der Waals surface area (Å²) in [5, 5.41) is 8.38. The predicted octanol–water partition coefficient (Wildman–Crippen LogP) is 1.97. The molecule has 0 aliphatic carbocycles. The highest BCUT2D eigenvalue weighted by molar-refractivity contribution is 6.60. The number of rotatable bonds is 7. The molecule has 1 rings (SSSR count). The molecule has 0 heterocycles. The van der Waals surface area contributed by atoms with Crippen molar-refractivity contribution in [1.29, 1.82) is 5.26 Å². The third-order valence-corrected chi connectivity index (χ3v) is 5.47. The molecule has 1 aromatic rings. The molecule has 0 amide bonds. The largest absolute Gasteiger partial charge is 0.500 e. The van der Waals surface area contributed by atoms with Crippen LogP contribution in [0.4, 0.5) is 0 Å². The van der Waals surface area contributed by atoms with Crippen LogP contribution in [0.1, 0.15) is 5.56 Å². The summed E-state index contributed by atoms with van der Waals surface area (Å²) in [6.07, 6.45) is 2.42. The van der Waals surface area contributed by atoms with Crippen molar-refractivity contribution in [3.8, 4) is 12.0 Å². The Morgan fingerprint density at radius 3 is 2.06 bits per heavy atom. The minimum atomic E-state index is -2.51. The van der Waals surface area contributed by atoms with Gasteiger partial charge >= 0.3 is 8.80 Å². The Bertz CT molecular complexity index is 389. The van der Waals surface area contributed by atoms with Gasteiger partial charge in [-0.25, -0.2) is 0 Å². The van der Waals surface area contributed by atoms with E-state index < -0.39 is 8.80 Å². The van der Waals surface area contributed by atoms with Gasteiger partial charge in [0.05, 0.1) is 0 Å². The van der Waals surface area contributed by atoms with Gasteiger partial charge in [-0.1, -0.05) is 12.1 Å². The van der Waals surface area contributed by atoms with Gasteiger partial charge in [-0.15, -0.1) is 5.26 Å². The molecule has 0 fully saturated rings. The molecule has 0 N–H and O–H groups in total. The molecule has 5 nitrogen and oxygen atoms in total. The summed E-state index contributed by atoms with van der Waals surface area (Å²) in [4.78, 5) is 0. The summed E-state index contributed by atoms with van der Waals surface area (Å²) >= 11 is 0. The average molecular weight is 267 g/mol. The van der Waals surface area contributed by atoms with E-state index in [2.05, 4.69) is 0 Å². The van der Waals surface area contributed by atoms with E-state index in [1.807, 2.05) is 12.1 Å². The smallest absolute Gasteiger partial charge is 0.388 e. The first-order valence-electron chi connectivity index (χ1n) is 5.50. The number of hydrogen-bond acceptors (Lipinski definition) is 5. The van der Waals surface area contributed by atoms with Crippen LogP contribution in [0.25, 0.3) is 0 Å². The van der Waals surface area contributed by atoms with Crippen LogP contribution in [0.3, 0.4) is 0 Å². The molecule has 18 heavy (non-hydrogen) atoms. The zero-order valence-electron chi connectivity index (χ0n) is 10.8. The van der Waals surface area contributed by atoms with Gasteiger partial charge in [-0.3, -0.25) is 0 Å². The monoisotopic (exact) mass is 267 g/mol. The van der Waals surface area contributed by atoms with Crippen molar-refractivity contribution in [2.75, 3.05) is 21.3 Å². The maximum absolute atomic E-state index is 8.38. The fourth-order valence-electron chi connectivity index (χ4n) is 1.63. The Hall–Kier alpha value is -1.39. The first-order chi connectivity index (χ1) is 8.69. The molecule has 0 aromatic heterocycles. The van der Waals surface area contributed by atoms with Crippen molar-refractivity contribution in [1.82, 2.24) is 0 Å². The van der Waals surface area contributed by atoms with E-state index in [1.165, 1.54) is 0 Å². The van der Waals surface area contributed by atoms with Gasteiger partial charge in [0.15, 0.2) is 0 Å². The highest BCUT2D eigenvalue weighted by Gasteiger charge is 2.36. The fourth-order valence-corrected chi connectivity index (χ4v) is 3.34. The summed E-state index contributed by atoms with van der Waals surface area (Å²) in [7, 11) is 2.29. The van der Waals surface area contributed by atoms with E-state index in [0.717, 1.165) is 12.0 Å². The number of nitrogens with zero attached hydrogens (tertiary/aromatic N) is 1. The van der Waals surface area contributed by atoms with Gasteiger partial charge in [0, 0.05) is 27.4 Å². The molecule has 0 saturated heterocycles. The first-order valence-corrected chi connectivity index (χ1v) is 7.43. The highest BCUT2D eigenvalue weighted by atomic mass is 28.4. The highest BCUT2D eigenvalue weighted by Crippen LogP contribution is 2.18. The minimum Gasteiger partial charge on any atom is -0.388 e. The van der Waals surface area contributed by atoms with Crippen LogP contribution in [-0.4, -0.2) is 30.1 Å². The molecule has 0 spiro atoms. The van der Waals surface area contributed by atoms with E-state index in [0.29, 0.717) is 11.8 Å². The standard InChI is InChI=1S/C12H17NO4Si/c1-14-18(15-2,16-3)9-8-11-4-6-12(7-5-11)17-10-13/h4-7H,8-9H2,1-3H3. The lowest BCUT2D eigenvalue weighted by atomic mass is 10.2. The van der Waals surface area contributed by atoms with Crippen LogP contribution < -0.4 is 4.74 Å². The number of benzene rings is 1. The average Bonchev–Trinajstić information content (AvgIpc) is 2.43. The van der Waals surface area contributed by atoms with Gasteiger partial charge < -0.3 is 18.0 Å². The zero-order valence-corrected chi connectivity index (χ0v) is 11.8. The SMILES string of the molecule is CO[Si](CCc1ccc(OC#N)cc1)(OC)OC. The maximum atomic E-state index is 8.38. The zero-order chi connectivity index (χ0) is 13.4. The minimum absolute atomic E-state index is 0.537. The topological polar surface area (TPSA) is 60.7 Å². The number of hydrogen-bond donors (Lipinski definition) is 0. The Labute approximate surface area is 108 Å². The molecule has 6 heteroatoms. The van der Waals surface area contributed by atoms with Crippen molar-refractivity contribution in [2.45, 2.75) is 12.5 Å². The lowest BCUT2D eigenvalue weighted by Crippen LogP contribution is -2.43. The Balaban J connectivity index is 2.60. The molecule has 0 atom stereocenters. The normalized spacial score (nSPS) is 11.0. The third-order valence-electron chi connectivity index (χ3n) is 2.74. The van der Waals surface area contributed by atoms with E-state index in [4.69, 9.17) is 23.3 Å². The molecule has 0 bridgehead atoms. The van der Waals surface area contributed by atoms with Crippen molar-refractivity contribution >= 4 is 8.80 Å². The molecular weight excluding hydrogens is 250 g/mol. The molecule has 0 saturated carbocycles. The number of nitriles is 1. The van der Waals surface area contributed by atoms with Gasteiger partial charge in [0.1, 0.15) is 5.75 Å². The van der Waals surface area contributed by atoms with Gasteiger partial charge in [0.2, 0.25) is 0 Å². The van der Waals surface area contributed by atoms with Gasteiger partial charge in [-0.2, -0.15) is 0 Å². The molecule has 0 radical (unpaired) electrons. The third kappa shape index (κ3) is 3.82. The first kappa shape index (κ1) is 14.7. The summed E-state index contributed by atoms with van der Waals surface area (Å²) in [5.74, 6) is 0.537. The van der Waals surface area contributed by atoms with Crippen LogP contribution in [0.2, 0.25) is 6.04 Å². The lowest BCUT2D eigenvalue weighted by molar-refractivity contribution is 0.123. The number of aryl methyl sites for hydroxylation is 1. The van der Waals surface area contributed by atoms with Crippen molar-refractivity contribution in [3.05, 3.63) is 29.8 Å². The van der Waals surface area contributed by atoms with Crippen LogP contribution in [0.5, 0.6) is 5.75 Å². The lowest BCUT2D eigenvalue weighted by Gasteiger charge is -2.24. The van der Waals surface area contributed by atoms with Gasteiger partial charge in [-0.05, 0) is 24.1 Å². The second-order valence-electron chi connectivity index (χ2n) is 3.63.